The zero-order chi connectivity index (χ0) is 6.85. The number of hydrogen-bond acceptors (Lipinski definition) is 1. The summed E-state index contributed by atoms with van der Waals surface area (Å²) in [6, 6.07) is 0.755. The third kappa shape index (κ3) is 1.45. The fourth-order valence-corrected chi connectivity index (χ4v) is 1.61. The van der Waals surface area contributed by atoms with Crippen molar-refractivity contribution in [1.29, 1.82) is 0 Å². The average Bonchev–Trinajstić information content (AvgIpc) is 2.13. The Hall–Kier alpha value is -0.0400. The molecule has 0 aromatic carbocycles. The molecule has 0 aromatic heterocycles. The average molecular weight is 126 g/mol. The molecule has 1 nitrogen and oxygen atoms in total. The van der Waals surface area contributed by atoms with E-state index in [1.165, 1.54) is 19.4 Å². The summed E-state index contributed by atoms with van der Waals surface area (Å²) in [6.07, 6.45) is 2.69. The Morgan fingerprint density at radius 3 is 2.44 bits per heavy atom. The Morgan fingerprint density at radius 2 is 2.22 bits per heavy atom. The smallest absolute Gasteiger partial charge is 0.0161 e. The fourth-order valence-electron chi connectivity index (χ4n) is 1.61. The summed E-state index contributed by atoms with van der Waals surface area (Å²) in [4.78, 5) is 2.23. The van der Waals surface area contributed by atoms with Gasteiger partial charge in [-0.1, -0.05) is 13.8 Å². The second-order valence-corrected chi connectivity index (χ2v) is 3.27. The van der Waals surface area contributed by atoms with E-state index in [2.05, 4.69) is 25.8 Å². The topological polar surface area (TPSA) is 3.24 Å². The van der Waals surface area contributed by atoms with Gasteiger partial charge in [0, 0.05) is 0 Å². The highest BCUT2D eigenvalue weighted by Gasteiger charge is 2.18. The molecule has 1 saturated heterocycles. The highest BCUT2D eigenvalue weighted by atomic mass is 15.1. The molecule has 0 aliphatic carbocycles. The van der Waals surface area contributed by atoms with Crippen LogP contribution in [0.1, 0.15) is 26.7 Å². The summed E-state index contributed by atoms with van der Waals surface area (Å²) in [6.45, 7) is 5.74. The molecule has 1 rings (SSSR count). The van der Waals surface area contributed by atoms with Crippen molar-refractivity contribution < 1.29 is 0 Å². The molecule has 0 radical (unpaired) electrons. The lowest BCUT2D eigenvalue weighted by Crippen LogP contribution is -2.27. The molecule has 0 amide bonds. The minimum absolute atomic E-state index is 0.755. The van der Waals surface area contributed by atoms with E-state index in [0.29, 0.717) is 0 Å². The standard InChI is InChI=1S/C8H16N/c1-7(2)8-5-4-6-9(8)3/h7-8H,3-6H2,1-2H3/q-1/t8-/m1/s1. The SMILES string of the molecule is [CH2-]N1CCC[C@@H]1C(C)C. The molecule has 0 bridgehead atoms. The predicted molar refractivity (Wildman–Crippen MR) is 39.9 cm³/mol. The van der Waals surface area contributed by atoms with Gasteiger partial charge in [-0.05, 0) is 31.3 Å². The second-order valence-electron chi connectivity index (χ2n) is 3.27. The first-order chi connectivity index (χ1) is 4.22. The van der Waals surface area contributed by atoms with E-state index in [-0.39, 0.29) is 0 Å². The molecule has 54 valence electrons. The van der Waals surface area contributed by atoms with Gasteiger partial charge >= 0.3 is 0 Å². The lowest BCUT2D eigenvalue weighted by molar-refractivity contribution is 0.276. The maximum atomic E-state index is 3.97. The van der Waals surface area contributed by atoms with Crippen molar-refractivity contribution in [2.45, 2.75) is 32.7 Å². The molecule has 0 spiro atoms. The number of hydrogen-bond donors (Lipinski definition) is 0. The van der Waals surface area contributed by atoms with Gasteiger partial charge in [0.25, 0.3) is 0 Å². The van der Waals surface area contributed by atoms with Gasteiger partial charge in [0.2, 0.25) is 0 Å². The summed E-state index contributed by atoms with van der Waals surface area (Å²) < 4.78 is 0. The summed E-state index contributed by atoms with van der Waals surface area (Å²) in [5.41, 5.74) is 0. The van der Waals surface area contributed by atoms with Crippen LogP contribution in [0.5, 0.6) is 0 Å². The van der Waals surface area contributed by atoms with Crippen LogP contribution in [0.15, 0.2) is 0 Å². The van der Waals surface area contributed by atoms with Crippen LogP contribution in [0.3, 0.4) is 0 Å². The molecule has 1 aliphatic rings. The zero-order valence-electron chi connectivity index (χ0n) is 6.43. The van der Waals surface area contributed by atoms with Gasteiger partial charge < -0.3 is 4.90 Å². The molecule has 1 atom stereocenters. The van der Waals surface area contributed by atoms with Gasteiger partial charge in [0.1, 0.15) is 0 Å². The van der Waals surface area contributed by atoms with Gasteiger partial charge in [-0.3, -0.25) is 7.05 Å². The van der Waals surface area contributed by atoms with Crippen LogP contribution >= 0.6 is 0 Å². The maximum absolute atomic E-state index is 3.97. The van der Waals surface area contributed by atoms with Gasteiger partial charge in [-0.15, -0.1) is 0 Å². The van der Waals surface area contributed by atoms with Crippen LogP contribution in [0.4, 0.5) is 0 Å². The summed E-state index contributed by atoms with van der Waals surface area (Å²) in [7, 11) is 3.97. The van der Waals surface area contributed by atoms with E-state index >= 15 is 0 Å². The Morgan fingerprint density at radius 1 is 1.56 bits per heavy atom. The first kappa shape index (κ1) is 7.07. The van der Waals surface area contributed by atoms with Gasteiger partial charge in [-0.25, -0.2) is 0 Å². The Labute approximate surface area is 58.0 Å². The summed E-state index contributed by atoms with van der Waals surface area (Å²) in [5.74, 6) is 0.782. The second kappa shape index (κ2) is 2.70. The zero-order valence-corrected chi connectivity index (χ0v) is 6.43. The summed E-state index contributed by atoms with van der Waals surface area (Å²) in [5, 5.41) is 0. The van der Waals surface area contributed by atoms with Crippen LogP contribution < -0.4 is 0 Å². The first-order valence-electron chi connectivity index (χ1n) is 3.79. The Kier molecular flexibility index (Phi) is 2.12. The monoisotopic (exact) mass is 126 g/mol. The molecule has 0 aromatic rings. The van der Waals surface area contributed by atoms with Crippen LogP contribution in [0.2, 0.25) is 0 Å². The molecule has 0 N–H and O–H groups in total. The highest BCUT2D eigenvalue weighted by molar-refractivity contribution is 4.80. The van der Waals surface area contributed by atoms with Crippen molar-refractivity contribution in [3.63, 3.8) is 0 Å². The van der Waals surface area contributed by atoms with Crippen molar-refractivity contribution >= 4 is 0 Å². The van der Waals surface area contributed by atoms with Gasteiger partial charge in [0.15, 0.2) is 0 Å². The van der Waals surface area contributed by atoms with E-state index in [4.69, 9.17) is 0 Å². The van der Waals surface area contributed by atoms with Crippen LogP contribution in [0.25, 0.3) is 0 Å². The molecule has 1 fully saturated rings. The van der Waals surface area contributed by atoms with E-state index in [1.54, 1.807) is 0 Å². The number of nitrogens with zero attached hydrogens (tertiary/aromatic N) is 1. The predicted octanol–water partition coefficient (Wildman–Crippen LogP) is 1.90. The molecular formula is C8H16N-. The quantitative estimate of drug-likeness (QED) is 0.485. The molecule has 0 saturated carbocycles. The number of rotatable bonds is 1. The normalized spacial score (nSPS) is 30.0. The van der Waals surface area contributed by atoms with E-state index < -0.39 is 0 Å². The van der Waals surface area contributed by atoms with Crippen LogP contribution in [-0.4, -0.2) is 17.5 Å². The molecular weight excluding hydrogens is 110 g/mol. The molecule has 1 aliphatic heterocycles. The summed E-state index contributed by atoms with van der Waals surface area (Å²) >= 11 is 0. The Balaban J connectivity index is 2.40. The third-order valence-electron chi connectivity index (χ3n) is 2.18. The van der Waals surface area contributed by atoms with Crippen LogP contribution in [0, 0.1) is 13.0 Å². The molecule has 1 heterocycles. The van der Waals surface area contributed by atoms with Crippen molar-refractivity contribution in [2.75, 3.05) is 6.54 Å². The van der Waals surface area contributed by atoms with Gasteiger partial charge in [0.05, 0.1) is 0 Å². The van der Waals surface area contributed by atoms with Crippen molar-refractivity contribution in [3.05, 3.63) is 7.05 Å². The third-order valence-corrected chi connectivity index (χ3v) is 2.18. The van der Waals surface area contributed by atoms with E-state index in [0.717, 1.165) is 12.0 Å². The maximum Gasteiger partial charge on any atom is -0.0161 e. The molecule has 0 unspecified atom stereocenters. The van der Waals surface area contributed by atoms with E-state index in [9.17, 15) is 0 Å². The first-order valence-corrected chi connectivity index (χ1v) is 3.79. The van der Waals surface area contributed by atoms with Crippen LogP contribution in [-0.2, 0) is 0 Å². The van der Waals surface area contributed by atoms with Crippen molar-refractivity contribution in [3.8, 4) is 0 Å². The minimum Gasteiger partial charge on any atom is -0.456 e. The van der Waals surface area contributed by atoms with Crippen molar-refractivity contribution in [1.82, 2.24) is 4.90 Å². The molecule has 1 heteroatoms. The van der Waals surface area contributed by atoms with Gasteiger partial charge in [-0.2, -0.15) is 0 Å². The lowest BCUT2D eigenvalue weighted by Gasteiger charge is -2.30. The van der Waals surface area contributed by atoms with E-state index in [1.807, 2.05) is 0 Å². The Bertz CT molecular complexity index is 88.6. The largest absolute Gasteiger partial charge is 0.456 e. The minimum atomic E-state index is 0.755. The molecule has 9 heavy (non-hydrogen) atoms. The lowest BCUT2D eigenvalue weighted by atomic mass is 10.0. The fraction of sp³-hybridized carbons (Fsp3) is 0.875. The highest BCUT2D eigenvalue weighted by Crippen LogP contribution is 2.21. The van der Waals surface area contributed by atoms with Crippen molar-refractivity contribution in [2.24, 2.45) is 5.92 Å². The number of likely N-dealkylation sites (tertiary alicyclic amines) is 1.